The molecular formula is C29H30F2N6O3. The van der Waals surface area contributed by atoms with Crippen LogP contribution in [0.25, 0.3) is 10.9 Å². The molecule has 1 saturated heterocycles. The monoisotopic (exact) mass is 548 g/mol. The van der Waals surface area contributed by atoms with E-state index in [0.29, 0.717) is 30.4 Å². The van der Waals surface area contributed by atoms with Crippen LogP contribution in [-0.4, -0.2) is 45.7 Å². The molecule has 0 bridgehead atoms. The Labute approximate surface area is 229 Å². The lowest BCUT2D eigenvalue weighted by Gasteiger charge is -2.40. The third-order valence-electron chi connectivity index (χ3n) is 7.74. The van der Waals surface area contributed by atoms with Crippen LogP contribution >= 0.6 is 0 Å². The average Bonchev–Trinajstić information content (AvgIpc) is 3.30. The van der Waals surface area contributed by atoms with Crippen molar-refractivity contribution in [2.45, 2.75) is 45.1 Å². The van der Waals surface area contributed by atoms with Gasteiger partial charge in [-0.05, 0) is 49.6 Å². The van der Waals surface area contributed by atoms with Gasteiger partial charge in [-0.2, -0.15) is 4.39 Å². The summed E-state index contributed by atoms with van der Waals surface area (Å²) in [4.78, 5) is 26.7. The minimum absolute atomic E-state index is 0.0910. The highest BCUT2D eigenvalue weighted by Crippen LogP contribution is 2.38. The molecule has 0 radical (unpaired) electrons. The smallest absolute Gasteiger partial charge is 0.213 e. The second-order valence-electron chi connectivity index (χ2n) is 10.3. The van der Waals surface area contributed by atoms with Gasteiger partial charge in [-0.25, -0.2) is 14.4 Å². The van der Waals surface area contributed by atoms with E-state index < -0.39 is 17.9 Å². The van der Waals surface area contributed by atoms with E-state index in [-0.39, 0.29) is 28.1 Å². The van der Waals surface area contributed by atoms with Crippen molar-refractivity contribution in [1.82, 2.24) is 19.4 Å². The van der Waals surface area contributed by atoms with Gasteiger partial charge in [-0.3, -0.25) is 9.69 Å². The van der Waals surface area contributed by atoms with Crippen molar-refractivity contribution in [3.05, 3.63) is 81.9 Å². The Kier molecular flexibility index (Phi) is 6.75. The first-order valence-electron chi connectivity index (χ1n) is 13.2. The molecule has 0 aliphatic carbocycles. The highest BCUT2D eigenvalue weighted by molar-refractivity contribution is 5.87. The van der Waals surface area contributed by atoms with Crippen molar-refractivity contribution < 1.29 is 18.3 Å². The van der Waals surface area contributed by atoms with Crippen LogP contribution < -0.4 is 25.5 Å². The SMILES string of the molecule is COc1cc(CN(Cc2cn3c4c(c(F)c(F)cc4c2=O)OC3C)[C@H]2CCCN(c3ccc(N)nc3)C2)ccn1. The molecule has 3 aromatic heterocycles. The van der Waals surface area contributed by atoms with Crippen LogP contribution in [0.3, 0.4) is 0 Å². The predicted molar refractivity (Wildman–Crippen MR) is 147 cm³/mol. The van der Waals surface area contributed by atoms with Gasteiger partial charge in [0.2, 0.25) is 11.7 Å². The van der Waals surface area contributed by atoms with Crippen molar-refractivity contribution >= 4 is 22.4 Å². The first kappa shape index (κ1) is 26.0. The normalized spacial score (nSPS) is 18.4. The summed E-state index contributed by atoms with van der Waals surface area (Å²) in [7, 11) is 1.57. The molecule has 1 fully saturated rings. The summed E-state index contributed by atoms with van der Waals surface area (Å²) < 4.78 is 41.6. The fourth-order valence-corrected chi connectivity index (χ4v) is 5.72. The number of hydrogen-bond acceptors (Lipinski definition) is 8. The molecule has 2 aliphatic rings. The molecule has 11 heteroatoms. The minimum atomic E-state index is -1.10. The molecule has 2 aliphatic heterocycles. The van der Waals surface area contributed by atoms with Gasteiger partial charge in [0.05, 0.1) is 24.4 Å². The Morgan fingerprint density at radius 3 is 2.83 bits per heavy atom. The van der Waals surface area contributed by atoms with Crippen LogP contribution in [0.5, 0.6) is 11.6 Å². The van der Waals surface area contributed by atoms with Gasteiger partial charge in [0.25, 0.3) is 0 Å². The topological polar surface area (TPSA) is 98.7 Å². The Morgan fingerprint density at radius 2 is 2.05 bits per heavy atom. The number of pyridine rings is 3. The lowest BCUT2D eigenvalue weighted by molar-refractivity contribution is 0.155. The third kappa shape index (κ3) is 4.70. The van der Waals surface area contributed by atoms with E-state index in [1.165, 1.54) is 0 Å². The second-order valence-corrected chi connectivity index (χ2v) is 10.3. The third-order valence-corrected chi connectivity index (χ3v) is 7.74. The molecule has 4 aromatic rings. The molecule has 0 amide bonds. The van der Waals surface area contributed by atoms with Crippen LogP contribution in [0.2, 0.25) is 0 Å². The minimum Gasteiger partial charge on any atom is -0.481 e. The zero-order valence-electron chi connectivity index (χ0n) is 22.3. The van der Waals surface area contributed by atoms with Crippen molar-refractivity contribution in [1.29, 1.82) is 0 Å². The molecule has 2 N–H and O–H groups in total. The molecule has 0 spiro atoms. The second kappa shape index (κ2) is 10.4. The van der Waals surface area contributed by atoms with Gasteiger partial charge in [-0.15, -0.1) is 0 Å². The van der Waals surface area contributed by atoms with Gasteiger partial charge in [-0.1, -0.05) is 0 Å². The summed E-state index contributed by atoms with van der Waals surface area (Å²) in [5.74, 6) is -1.42. The number of ether oxygens (including phenoxy) is 2. The maximum absolute atomic E-state index is 14.5. The number of nitrogen functional groups attached to an aromatic ring is 1. The van der Waals surface area contributed by atoms with E-state index in [1.54, 1.807) is 43.3 Å². The summed E-state index contributed by atoms with van der Waals surface area (Å²) in [6.45, 7) is 4.18. The molecule has 208 valence electrons. The van der Waals surface area contributed by atoms with Gasteiger partial charge >= 0.3 is 0 Å². The standard InChI is InChI=1S/C29H30F2N6O3/c1-17-37-15-19(28(38)22-11-23(30)26(31)29(40-17)27(22)37)14-36(13-18-7-8-33-25(10-18)39-2)21-4-3-9-35(16-21)20-5-6-24(32)34-12-20/h5-8,10-12,15,17,21H,3-4,9,13-14,16H2,1-2H3,(H2,32,34)/t17?,21-/m0/s1. The number of anilines is 2. The van der Waals surface area contributed by atoms with Crippen LogP contribution in [0.15, 0.2) is 53.7 Å². The molecule has 1 aromatic carbocycles. The number of methoxy groups -OCH3 is 1. The molecule has 2 atom stereocenters. The summed E-state index contributed by atoms with van der Waals surface area (Å²) in [5.41, 5.74) is 8.19. The van der Waals surface area contributed by atoms with E-state index in [1.807, 2.05) is 18.2 Å². The first-order valence-corrected chi connectivity index (χ1v) is 13.2. The van der Waals surface area contributed by atoms with E-state index in [2.05, 4.69) is 19.8 Å². The van der Waals surface area contributed by atoms with E-state index >= 15 is 0 Å². The number of nitrogens with two attached hydrogens (primary N) is 1. The first-order chi connectivity index (χ1) is 19.3. The Morgan fingerprint density at radius 1 is 1.20 bits per heavy atom. The highest BCUT2D eigenvalue weighted by Gasteiger charge is 2.31. The van der Waals surface area contributed by atoms with Gasteiger partial charge in [0.15, 0.2) is 23.2 Å². The van der Waals surface area contributed by atoms with Gasteiger partial charge in [0, 0.05) is 56.2 Å². The number of rotatable bonds is 7. The number of benzene rings is 1. The molecule has 1 unspecified atom stereocenters. The van der Waals surface area contributed by atoms with Gasteiger partial charge in [0.1, 0.15) is 11.3 Å². The Hall–Kier alpha value is -4.25. The lowest BCUT2D eigenvalue weighted by atomic mass is 10.0. The van der Waals surface area contributed by atoms with Crippen LogP contribution in [0.1, 0.15) is 37.1 Å². The van der Waals surface area contributed by atoms with E-state index in [9.17, 15) is 13.6 Å². The van der Waals surface area contributed by atoms with E-state index in [0.717, 1.165) is 43.2 Å². The Bertz CT molecular complexity index is 1630. The van der Waals surface area contributed by atoms with Crippen LogP contribution in [0.4, 0.5) is 20.3 Å². The molecule has 40 heavy (non-hydrogen) atoms. The summed E-state index contributed by atoms with van der Waals surface area (Å²) in [6.07, 6.45) is 6.49. The van der Waals surface area contributed by atoms with Crippen LogP contribution in [0, 0.1) is 11.6 Å². The molecule has 9 nitrogen and oxygen atoms in total. The maximum Gasteiger partial charge on any atom is 0.213 e. The number of aromatic nitrogens is 3. The molecule has 6 rings (SSSR count). The van der Waals surface area contributed by atoms with Gasteiger partial charge < -0.3 is 24.7 Å². The summed E-state index contributed by atoms with van der Waals surface area (Å²) in [6, 6.07) is 8.63. The van der Waals surface area contributed by atoms with Crippen LogP contribution in [-0.2, 0) is 13.1 Å². The van der Waals surface area contributed by atoms with E-state index in [4.69, 9.17) is 15.2 Å². The summed E-state index contributed by atoms with van der Waals surface area (Å²) >= 11 is 0. The molecule has 5 heterocycles. The quantitative estimate of drug-likeness (QED) is 0.366. The number of halogens is 2. The zero-order valence-corrected chi connectivity index (χ0v) is 22.3. The Balaban J connectivity index is 1.38. The fourth-order valence-electron chi connectivity index (χ4n) is 5.72. The van der Waals surface area contributed by atoms with Crippen molar-refractivity contribution in [2.24, 2.45) is 0 Å². The number of nitrogens with zero attached hydrogens (tertiary/aromatic N) is 5. The largest absolute Gasteiger partial charge is 0.481 e. The molecular weight excluding hydrogens is 518 g/mol. The fraction of sp³-hybridized carbons (Fsp3) is 0.345. The highest BCUT2D eigenvalue weighted by atomic mass is 19.2. The zero-order chi connectivity index (χ0) is 28.0. The van der Waals surface area contributed by atoms with Crippen molar-refractivity contribution in [3.63, 3.8) is 0 Å². The maximum atomic E-state index is 14.5. The number of hydrogen-bond donors (Lipinski definition) is 1. The average molecular weight is 549 g/mol. The van der Waals surface area contributed by atoms with Crippen molar-refractivity contribution in [2.75, 3.05) is 30.8 Å². The number of piperidine rings is 1. The summed E-state index contributed by atoms with van der Waals surface area (Å²) in [5, 5.41) is 0.111. The molecule has 0 saturated carbocycles. The van der Waals surface area contributed by atoms with Crippen molar-refractivity contribution in [3.8, 4) is 11.6 Å². The lowest BCUT2D eigenvalue weighted by Crippen LogP contribution is -2.48. The predicted octanol–water partition coefficient (Wildman–Crippen LogP) is 4.24.